The third-order valence-corrected chi connectivity index (χ3v) is 6.47. The zero-order valence-corrected chi connectivity index (χ0v) is 20.1. The van der Waals surface area contributed by atoms with Gasteiger partial charge in [0.2, 0.25) is 0 Å². The van der Waals surface area contributed by atoms with Crippen LogP contribution in [0.1, 0.15) is 27.0 Å². The second-order valence-corrected chi connectivity index (χ2v) is 9.23. The number of thiocarbonyl (C=S) groups is 1. The van der Waals surface area contributed by atoms with Crippen LogP contribution >= 0.6 is 24.0 Å². The maximum atomic E-state index is 13.0. The Kier molecular flexibility index (Phi) is 7.00. The number of carboxylic acid groups (broad SMARTS) is 1. The first-order valence-corrected chi connectivity index (χ1v) is 11.6. The second-order valence-electron chi connectivity index (χ2n) is 7.55. The Morgan fingerprint density at radius 1 is 1.06 bits per heavy atom. The van der Waals surface area contributed by atoms with Crippen LogP contribution in [-0.4, -0.2) is 28.4 Å². The summed E-state index contributed by atoms with van der Waals surface area (Å²) in [5.41, 5.74) is 3.67. The Balaban J connectivity index is 1.51. The number of carbonyl (C=O) groups is 2. The molecule has 1 aliphatic heterocycles. The van der Waals surface area contributed by atoms with Crippen molar-refractivity contribution in [1.82, 2.24) is 0 Å². The summed E-state index contributed by atoms with van der Waals surface area (Å²) in [6.45, 7) is 2.45. The summed E-state index contributed by atoms with van der Waals surface area (Å²) >= 11 is 6.59. The van der Waals surface area contributed by atoms with Crippen LogP contribution in [0.5, 0.6) is 11.5 Å². The van der Waals surface area contributed by atoms with Crippen molar-refractivity contribution in [2.45, 2.75) is 13.5 Å². The van der Waals surface area contributed by atoms with Gasteiger partial charge < -0.3 is 14.6 Å². The van der Waals surface area contributed by atoms with E-state index in [1.165, 1.54) is 34.4 Å². The summed E-state index contributed by atoms with van der Waals surface area (Å²) in [5.74, 6) is -0.138. The number of ether oxygens (including phenoxy) is 2. The molecule has 1 saturated heterocycles. The summed E-state index contributed by atoms with van der Waals surface area (Å²) in [4.78, 5) is 26.0. The molecule has 0 aliphatic carbocycles. The van der Waals surface area contributed by atoms with E-state index in [0.29, 0.717) is 33.0 Å². The van der Waals surface area contributed by atoms with Crippen LogP contribution in [0.3, 0.4) is 0 Å². The van der Waals surface area contributed by atoms with E-state index >= 15 is 0 Å². The first-order valence-electron chi connectivity index (χ1n) is 10.3. The minimum atomic E-state index is -1.03. The van der Waals surface area contributed by atoms with Crippen LogP contribution in [0.2, 0.25) is 0 Å². The van der Waals surface area contributed by atoms with Gasteiger partial charge in [-0.1, -0.05) is 59.9 Å². The molecule has 3 aromatic carbocycles. The molecule has 0 unspecified atom stereocenters. The lowest BCUT2D eigenvalue weighted by molar-refractivity contribution is -0.113. The van der Waals surface area contributed by atoms with Gasteiger partial charge in [0.05, 0.1) is 23.3 Å². The molecule has 1 amide bonds. The van der Waals surface area contributed by atoms with Crippen LogP contribution < -0.4 is 14.4 Å². The van der Waals surface area contributed by atoms with Crippen molar-refractivity contribution in [3.8, 4) is 11.5 Å². The molecule has 0 aromatic heterocycles. The number of rotatable bonds is 7. The summed E-state index contributed by atoms with van der Waals surface area (Å²) < 4.78 is 11.8. The van der Waals surface area contributed by atoms with Gasteiger partial charge in [0.1, 0.15) is 6.61 Å². The Hall–Kier alpha value is -3.62. The van der Waals surface area contributed by atoms with Gasteiger partial charge in [0.25, 0.3) is 5.91 Å². The third-order valence-electron chi connectivity index (χ3n) is 5.17. The molecule has 1 aliphatic rings. The van der Waals surface area contributed by atoms with E-state index in [0.717, 1.165) is 11.1 Å². The molecule has 0 spiro atoms. The fraction of sp³-hybridized carbons (Fsp3) is 0.115. The maximum absolute atomic E-state index is 13.0. The standard InChI is InChI=1S/C26H21NO5S2/c1-16-3-5-17(6-4-16)15-32-21-12-7-18(13-22(21)31-2)14-23-24(28)27(26(33)34-23)20-10-8-19(9-11-20)25(29)30/h3-14H,15H2,1-2H3,(H,29,30)/b23-14-. The summed E-state index contributed by atoms with van der Waals surface area (Å²) in [6.07, 6.45) is 1.75. The molecule has 172 valence electrons. The van der Waals surface area contributed by atoms with Crippen LogP contribution in [0.15, 0.2) is 71.6 Å². The maximum Gasteiger partial charge on any atom is 0.335 e. The van der Waals surface area contributed by atoms with Gasteiger partial charge in [0.15, 0.2) is 15.8 Å². The largest absolute Gasteiger partial charge is 0.493 e. The number of methoxy groups -OCH3 is 1. The molecule has 1 heterocycles. The van der Waals surface area contributed by atoms with E-state index in [1.807, 2.05) is 43.3 Å². The van der Waals surface area contributed by atoms with Gasteiger partial charge in [-0.15, -0.1) is 0 Å². The van der Waals surface area contributed by atoms with Crippen LogP contribution in [-0.2, 0) is 11.4 Å². The zero-order valence-electron chi connectivity index (χ0n) is 18.5. The lowest BCUT2D eigenvalue weighted by Gasteiger charge is -2.14. The van der Waals surface area contributed by atoms with Gasteiger partial charge in [0, 0.05) is 0 Å². The Morgan fingerprint density at radius 2 is 1.76 bits per heavy atom. The van der Waals surface area contributed by atoms with E-state index < -0.39 is 5.97 Å². The molecule has 0 bridgehead atoms. The van der Waals surface area contributed by atoms with Crippen LogP contribution in [0.4, 0.5) is 5.69 Å². The number of nitrogens with zero attached hydrogens (tertiary/aromatic N) is 1. The number of aryl methyl sites for hydroxylation is 1. The van der Waals surface area contributed by atoms with Crippen molar-refractivity contribution in [2.24, 2.45) is 0 Å². The molecule has 8 heteroatoms. The zero-order chi connectivity index (χ0) is 24.2. The molecule has 6 nitrogen and oxygen atoms in total. The van der Waals surface area contributed by atoms with Crippen molar-refractivity contribution >= 4 is 51.9 Å². The van der Waals surface area contributed by atoms with Crippen molar-refractivity contribution in [3.63, 3.8) is 0 Å². The van der Waals surface area contributed by atoms with E-state index in [-0.39, 0.29) is 11.5 Å². The van der Waals surface area contributed by atoms with E-state index in [9.17, 15) is 9.59 Å². The van der Waals surface area contributed by atoms with E-state index in [4.69, 9.17) is 26.8 Å². The van der Waals surface area contributed by atoms with Gasteiger partial charge in [-0.25, -0.2) is 4.79 Å². The average Bonchev–Trinajstić information content (AvgIpc) is 3.11. The minimum absolute atomic E-state index is 0.140. The first-order chi connectivity index (χ1) is 16.4. The number of hydrogen-bond acceptors (Lipinski definition) is 6. The number of amides is 1. The molecule has 0 saturated carbocycles. The fourth-order valence-corrected chi connectivity index (χ4v) is 4.63. The monoisotopic (exact) mass is 491 g/mol. The first kappa shape index (κ1) is 23.5. The summed E-state index contributed by atoms with van der Waals surface area (Å²) in [6, 6.07) is 19.6. The topological polar surface area (TPSA) is 76.1 Å². The van der Waals surface area contributed by atoms with Gasteiger partial charge >= 0.3 is 5.97 Å². The number of carboxylic acids is 1. The van der Waals surface area contributed by atoms with E-state index in [1.54, 1.807) is 31.4 Å². The molecule has 1 fully saturated rings. The van der Waals surface area contributed by atoms with Gasteiger partial charge in [-0.3, -0.25) is 9.69 Å². The SMILES string of the molecule is COc1cc(/C=C2\SC(=S)N(c3ccc(C(=O)O)cc3)C2=O)ccc1OCc1ccc(C)cc1. The molecule has 0 radical (unpaired) electrons. The Bertz CT molecular complexity index is 1280. The minimum Gasteiger partial charge on any atom is -0.493 e. The molecule has 0 atom stereocenters. The predicted molar refractivity (Wildman–Crippen MR) is 138 cm³/mol. The van der Waals surface area contributed by atoms with Crippen molar-refractivity contribution in [3.05, 3.63) is 93.9 Å². The Morgan fingerprint density at radius 3 is 2.41 bits per heavy atom. The quantitative estimate of drug-likeness (QED) is 0.336. The van der Waals surface area contributed by atoms with Crippen LogP contribution in [0, 0.1) is 6.92 Å². The predicted octanol–water partition coefficient (Wildman–Crippen LogP) is 5.69. The lowest BCUT2D eigenvalue weighted by Crippen LogP contribution is -2.27. The number of anilines is 1. The van der Waals surface area contributed by atoms with Crippen LogP contribution in [0.25, 0.3) is 6.08 Å². The molecule has 4 rings (SSSR count). The Labute approximate surface area is 206 Å². The van der Waals surface area contributed by atoms with Crippen molar-refractivity contribution in [2.75, 3.05) is 12.0 Å². The van der Waals surface area contributed by atoms with Crippen molar-refractivity contribution in [1.29, 1.82) is 0 Å². The highest BCUT2D eigenvalue weighted by molar-refractivity contribution is 8.27. The number of benzene rings is 3. The lowest BCUT2D eigenvalue weighted by atomic mass is 10.1. The highest BCUT2D eigenvalue weighted by atomic mass is 32.2. The van der Waals surface area contributed by atoms with Crippen molar-refractivity contribution < 1.29 is 24.2 Å². The average molecular weight is 492 g/mol. The molecule has 34 heavy (non-hydrogen) atoms. The molecular weight excluding hydrogens is 470 g/mol. The van der Waals surface area contributed by atoms with Gasteiger partial charge in [-0.05, 0) is 60.5 Å². The third kappa shape index (κ3) is 5.13. The van der Waals surface area contributed by atoms with E-state index in [2.05, 4.69) is 0 Å². The number of aromatic carboxylic acids is 1. The number of carbonyl (C=O) groups excluding carboxylic acids is 1. The normalized spacial score (nSPS) is 14.5. The molecule has 1 N–H and O–H groups in total. The summed E-state index contributed by atoms with van der Waals surface area (Å²) in [5, 5.41) is 9.08. The number of thioether (sulfide) groups is 1. The summed E-state index contributed by atoms with van der Waals surface area (Å²) in [7, 11) is 1.57. The fourth-order valence-electron chi connectivity index (χ4n) is 3.33. The van der Waals surface area contributed by atoms with Gasteiger partial charge in [-0.2, -0.15) is 0 Å². The number of hydrogen-bond donors (Lipinski definition) is 1. The molecular formula is C26H21NO5S2. The highest BCUT2D eigenvalue weighted by Crippen LogP contribution is 2.37. The smallest absolute Gasteiger partial charge is 0.335 e. The molecule has 3 aromatic rings. The highest BCUT2D eigenvalue weighted by Gasteiger charge is 2.33. The second kappa shape index (κ2) is 10.1.